The van der Waals surface area contributed by atoms with E-state index in [0.29, 0.717) is 19.1 Å². The lowest BCUT2D eigenvalue weighted by atomic mass is 9.95. The van der Waals surface area contributed by atoms with Gasteiger partial charge in [-0.05, 0) is 32.7 Å². The third-order valence-electron chi connectivity index (χ3n) is 3.60. The van der Waals surface area contributed by atoms with Gasteiger partial charge in [-0.1, -0.05) is 13.3 Å². The molecular weight excluding hydrogens is 214 g/mol. The maximum absolute atomic E-state index is 11.9. The normalized spacial score (nSPS) is 23.4. The van der Waals surface area contributed by atoms with E-state index in [1.165, 1.54) is 12.8 Å². The summed E-state index contributed by atoms with van der Waals surface area (Å²) in [5, 5.41) is 2.90. The van der Waals surface area contributed by atoms with E-state index in [1.807, 2.05) is 0 Å². The van der Waals surface area contributed by atoms with Crippen LogP contribution in [0.4, 0.5) is 0 Å². The Morgan fingerprint density at radius 3 is 3.00 bits per heavy atom. The summed E-state index contributed by atoms with van der Waals surface area (Å²) < 4.78 is 0. The molecule has 0 aliphatic carbocycles. The summed E-state index contributed by atoms with van der Waals surface area (Å²) in [6.07, 6.45) is 4.58. The highest BCUT2D eigenvalue weighted by atomic mass is 16.1. The van der Waals surface area contributed by atoms with Gasteiger partial charge in [0, 0.05) is 25.7 Å². The van der Waals surface area contributed by atoms with Gasteiger partial charge in [-0.3, -0.25) is 9.69 Å². The maximum Gasteiger partial charge on any atom is 0.224 e. The Kier molecular flexibility index (Phi) is 6.52. The third-order valence-corrected chi connectivity index (χ3v) is 3.60. The highest BCUT2D eigenvalue weighted by molar-refractivity contribution is 5.78. The minimum Gasteiger partial charge on any atom is -0.355 e. The molecule has 1 amide bonds. The molecule has 1 aliphatic heterocycles. The van der Waals surface area contributed by atoms with Gasteiger partial charge in [0.05, 0.1) is 5.92 Å². The number of rotatable bonds is 6. The number of carbonyl (C=O) groups excluding carboxylic acids is 1. The van der Waals surface area contributed by atoms with Gasteiger partial charge in [0.2, 0.25) is 5.91 Å². The summed E-state index contributed by atoms with van der Waals surface area (Å²) in [7, 11) is 0. The number of carbonyl (C=O) groups is 1. The highest BCUT2D eigenvalue weighted by Gasteiger charge is 2.27. The number of nitrogens with one attached hydrogen (secondary N) is 1. The lowest BCUT2D eigenvalue weighted by molar-refractivity contribution is -0.126. The summed E-state index contributed by atoms with van der Waals surface area (Å²) in [5.41, 5.74) is 5.40. The number of likely N-dealkylation sites (tertiary alicyclic amines) is 1. The average molecular weight is 241 g/mol. The van der Waals surface area contributed by atoms with Crippen LogP contribution in [0.2, 0.25) is 0 Å². The molecular formula is C13H27N3O. The number of nitrogens with zero attached hydrogens (tertiary/aromatic N) is 1. The van der Waals surface area contributed by atoms with E-state index in [-0.39, 0.29) is 11.8 Å². The average Bonchev–Trinajstić information content (AvgIpc) is 2.36. The van der Waals surface area contributed by atoms with Crippen molar-refractivity contribution in [3.63, 3.8) is 0 Å². The van der Waals surface area contributed by atoms with Crippen LogP contribution >= 0.6 is 0 Å². The van der Waals surface area contributed by atoms with E-state index in [9.17, 15) is 4.79 Å². The van der Waals surface area contributed by atoms with E-state index in [2.05, 4.69) is 24.1 Å². The fourth-order valence-corrected chi connectivity index (χ4v) is 2.56. The standard InChI is InChI=1S/C13H27N3O/c1-3-5-11(2)16-9-4-6-12(10-16)13(17)15-8-7-14/h11-12H,3-10,14H2,1-2H3,(H,15,17). The predicted molar refractivity (Wildman–Crippen MR) is 70.7 cm³/mol. The molecule has 1 saturated heterocycles. The molecule has 0 radical (unpaired) electrons. The van der Waals surface area contributed by atoms with E-state index in [0.717, 1.165) is 25.9 Å². The molecule has 0 saturated carbocycles. The molecule has 17 heavy (non-hydrogen) atoms. The van der Waals surface area contributed by atoms with Crippen molar-refractivity contribution in [2.75, 3.05) is 26.2 Å². The molecule has 0 bridgehead atoms. The van der Waals surface area contributed by atoms with E-state index >= 15 is 0 Å². The lowest BCUT2D eigenvalue weighted by Crippen LogP contribution is -2.46. The molecule has 2 atom stereocenters. The van der Waals surface area contributed by atoms with Crippen LogP contribution in [0.1, 0.15) is 39.5 Å². The number of hydrogen-bond donors (Lipinski definition) is 2. The van der Waals surface area contributed by atoms with Crippen LogP contribution in [0.15, 0.2) is 0 Å². The zero-order chi connectivity index (χ0) is 12.7. The summed E-state index contributed by atoms with van der Waals surface area (Å²) >= 11 is 0. The van der Waals surface area contributed by atoms with Crippen LogP contribution < -0.4 is 11.1 Å². The topological polar surface area (TPSA) is 58.4 Å². The highest BCUT2D eigenvalue weighted by Crippen LogP contribution is 2.20. The summed E-state index contributed by atoms with van der Waals surface area (Å²) in [6, 6.07) is 0.602. The van der Waals surface area contributed by atoms with Gasteiger partial charge in [-0.2, -0.15) is 0 Å². The quantitative estimate of drug-likeness (QED) is 0.728. The zero-order valence-electron chi connectivity index (χ0n) is 11.2. The molecule has 0 aromatic rings. The van der Waals surface area contributed by atoms with Crippen LogP contribution in [0.5, 0.6) is 0 Å². The molecule has 0 aromatic carbocycles. The van der Waals surface area contributed by atoms with Crippen molar-refractivity contribution in [1.29, 1.82) is 0 Å². The molecule has 1 heterocycles. The first-order valence-electron chi connectivity index (χ1n) is 6.90. The van der Waals surface area contributed by atoms with Crippen molar-refractivity contribution in [2.45, 2.75) is 45.6 Å². The molecule has 1 aliphatic rings. The first-order chi connectivity index (χ1) is 8.19. The second-order valence-electron chi connectivity index (χ2n) is 5.05. The van der Waals surface area contributed by atoms with Crippen LogP contribution in [0.25, 0.3) is 0 Å². The van der Waals surface area contributed by atoms with Crippen LogP contribution in [0.3, 0.4) is 0 Å². The van der Waals surface area contributed by atoms with Crippen LogP contribution in [0, 0.1) is 5.92 Å². The molecule has 0 spiro atoms. The Morgan fingerprint density at radius 2 is 2.35 bits per heavy atom. The van der Waals surface area contributed by atoms with E-state index < -0.39 is 0 Å². The Labute approximate surface area is 105 Å². The summed E-state index contributed by atoms with van der Waals surface area (Å²) in [6.45, 7) is 7.66. The van der Waals surface area contributed by atoms with E-state index in [4.69, 9.17) is 5.73 Å². The number of hydrogen-bond acceptors (Lipinski definition) is 3. The zero-order valence-corrected chi connectivity index (χ0v) is 11.2. The van der Waals surface area contributed by atoms with Gasteiger partial charge >= 0.3 is 0 Å². The minimum atomic E-state index is 0.162. The molecule has 4 nitrogen and oxygen atoms in total. The molecule has 3 N–H and O–H groups in total. The van der Waals surface area contributed by atoms with Crippen molar-refractivity contribution in [1.82, 2.24) is 10.2 Å². The summed E-state index contributed by atoms with van der Waals surface area (Å²) in [4.78, 5) is 14.3. The van der Waals surface area contributed by atoms with Crippen molar-refractivity contribution >= 4 is 5.91 Å². The SMILES string of the molecule is CCCC(C)N1CCCC(C(=O)NCCN)C1. The van der Waals surface area contributed by atoms with E-state index in [1.54, 1.807) is 0 Å². The van der Waals surface area contributed by atoms with Gasteiger partial charge in [-0.25, -0.2) is 0 Å². The molecule has 1 rings (SSSR count). The number of amides is 1. The third kappa shape index (κ3) is 4.64. The number of nitrogens with two attached hydrogens (primary N) is 1. The number of piperidine rings is 1. The smallest absolute Gasteiger partial charge is 0.224 e. The largest absolute Gasteiger partial charge is 0.355 e. The monoisotopic (exact) mass is 241 g/mol. The fourth-order valence-electron chi connectivity index (χ4n) is 2.56. The minimum absolute atomic E-state index is 0.162. The summed E-state index contributed by atoms with van der Waals surface area (Å²) in [5.74, 6) is 0.346. The maximum atomic E-state index is 11.9. The Balaban J connectivity index is 2.40. The van der Waals surface area contributed by atoms with Gasteiger partial charge < -0.3 is 11.1 Å². The van der Waals surface area contributed by atoms with Gasteiger partial charge in [0.25, 0.3) is 0 Å². The second-order valence-corrected chi connectivity index (χ2v) is 5.05. The lowest BCUT2D eigenvalue weighted by Gasteiger charge is -2.36. The van der Waals surface area contributed by atoms with Crippen LogP contribution in [-0.4, -0.2) is 43.0 Å². The Hall–Kier alpha value is -0.610. The van der Waals surface area contributed by atoms with Crippen LogP contribution in [-0.2, 0) is 4.79 Å². The molecule has 4 heteroatoms. The van der Waals surface area contributed by atoms with Gasteiger partial charge in [0.15, 0.2) is 0 Å². The van der Waals surface area contributed by atoms with Crippen molar-refractivity contribution in [3.05, 3.63) is 0 Å². The van der Waals surface area contributed by atoms with Gasteiger partial charge in [0.1, 0.15) is 0 Å². The molecule has 2 unspecified atom stereocenters. The Bertz CT molecular complexity index is 233. The van der Waals surface area contributed by atoms with Gasteiger partial charge in [-0.15, -0.1) is 0 Å². The molecule has 100 valence electrons. The second kappa shape index (κ2) is 7.67. The van der Waals surface area contributed by atoms with Crippen molar-refractivity contribution < 1.29 is 4.79 Å². The Morgan fingerprint density at radius 1 is 1.59 bits per heavy atom. The molecule has 1 fully saturated rings. The van der Waals surface area contributed by atoms with Crippen molar-refractivity contribution in [2.24, 2.45) is 11.7 Å². The first-order valence-corrected chi connectivity index (χ1v) is 6.90. The molecule has 0 aromatic heterocycles. The fraction of sp³-hybridized carbons (Fsp3) is 0.923. The predicted octanol–water partition coefficient (Wildman–Crippen LogP) is 0.962. The van der Waals surface area contributed by atoms with Crippen molar-refractivity contribution in [3.8, 4) is 0 Å². The first kappa shape index (κ1) is 14.5.